The molecule has 0 spiro atoms. The van der Waals surface area contributed by atoms with E-state index in [-0.39, 0.29) is 11.8 Å². The fraction of sp³-hybridized carbons (Fsp3) is 0.444. The first-order chi connectivity index (χ1) is 11.7. The molecule has 2 amide bonds. The van der Waals surface area contributed by atoms with Crippen molar-refractivity contribution in [2.45, 2.75) is 36.3 Å². The maximum absolute atomic E-state index is 11.7. The standard InChI is InChI=1S/C18H24N2O2Se2/c21-17(19-13-15-5-1-2-6-15)9-11-23-24-12-10-18(22)20-14-16-7-3-4-8-16/h1-5,7H,6,8-14H2,(H,19,21)(H,20,22). The molecule has 0 aromatic heterocycles. The van der Waals surface area contributed by atoms with Crippen molar-refractivity contribution in [1.29, 1.82) is 0 Å². The first kappa shape index (κ1) is 19.3. The van der Waals surface area contributed by atoms with Crippen molar-refractivity contribution in [2.75, 3.05) is 13.1 Å². The van der Waals surface area contributed by atoms with E-state index >= 15 is 0 Å². The van der Waals surface area contributed by atoms with Crippen LogP contribution in [-0.2, 0) is 9.59 Å². The second kappa shape index (κ2) is 11.5. The number of rotatable bonds is 11. The van der Waals surface area contributed by atoms with Crippen molar-refractivity contribution >= 4 is 38.1 Å². The number of allylic oxidation sites excluding steroid dienone is 6. The molecule has 0 saturated heterocycles. The summed E-state index contributed by atoms with van der Waals surface area (Å²) < 4.78 is 0. The molecule has 130 valence electrons. The van der Waals surface area contributed by atoms with E-state index in [1.807, 2.05) is 12.2 Å². The van der Waals surface area contributed by atoms with Gasteiger partial charge >= 0.3 is 155 Å². The van der Waals surface area contributed by atoms with Gasteiger partial charge in [0.25, 0.3) is 0 Å². The third-order valence-electron chi connectivity index (χ3n) is 3.63. The first-order valence-electron chi connectivity index (χ1n) is 8.21. The van der Waals surface area contributed by atoms with E-state index in [2.05, 4.69) is 34.9 Å². The van der Waals surface area contributed by atoms with Gasteiger partial charge in [0.15, 0.2) is 0 Å². The zero-order chi connectivity index (χ0) is 17.0. The molecule has 0 aliphatic heterocycles. The summed E-state index contributed by atoms with van der Waals surface area (Å²) in [5.41, 5.74) is 2.54. The number of hydrogen-bond donors (Lipinski definition) is 2. The second-order valence-corrected chi connectivity index (χ2v) is 13.5. The zero-order valence-electron chi connectivity index (χ0n) is 13.8. The Bertz CT molecular complexity index is 515. The molecule has 0 fully saturated rings. The van der Waals surface area contributed by atoms with Gasteiger partial charge in [-0.3, -0.25) is 0 Å². The third-order valence-corrected chi connectivity index (χ3v) is 11.0. The maximum atomic E-state index is 11.7. The molecule has 4 nitrogen and oxygen atoms in total. The molecule has 0 radical (unpaired) electrons. The molecular weight excluding hydrogens is 434 g/mol. The van der Waals surface area contributed by atoms with Crippen LogP contribution in [0.25, 0.3) is 0 Å². The van der Waals surface area contributed by atoms with Gasteiger partial charge in [0, 0.05) is 0 Å². The molecule has 0 heterocycles. The van der Waals surface area contributed by atoms with Crippen molar-refractivity contribution in [3.05, 3.63) is 47.6 Å². The molecule has 0 aromatic rings. The number of hydrogen-bond acceptors (Lipinski definition) is 2. The van der Waals surface area contributed by atoms with Crippen molar-refractivity contribution < 1.29 is 9.59 Å². The van der Waals surface area contributed by atoms with Crippen LogP contribution in [0.3, 0.4) is 0 Å². The predicted octanol–water partition coefficient (Wildman–Crippen LogP) is 1.93. The molecule has 24 heavy (non-hydrogen) atoms. The van der Waals surface area contributed by atoms with Gasteiger partial charge in [-0.1, -0.05) is 0 Å². The average molecular weight is 458 g/mol. The number of amides is 2. The molecule has 2 aliphatic rings. The van der Waals surface area contributed by atoms with Crippen molar-refractivity contribution in [3.63, 3.8) is 0 Å². The van der Waals surface area contributed by atoms with Gasteiger partial charge in [-0.2, -0.15) is 0 Å². The Balaban J connectivity index is 1.39. The SMILES string of the molecule is O=C(CC[Se][Se]CCC(=O)NCC1=CC=CC1)NCC1=CC=CC1. The molecule has 6 heteroatoms. The van der Waals surface area contributed by atoms with Crippen LogP contribution < -0.4 is 10.6 Å². The van der Waals surface area contributed by atoms with Crippen LogP contribution in [0.4, 0.5) is 0 Å². The summed E-state index contributed by atoms with van der Waals surface area (Å²) in [6.45, 7) is 1.35. The van der Waals surface area contributed by atoms with Crippen molar-refractivity contribution in [3.8, 4) is 0 Å². The molecule has 0 aromatic carbocycles. The Kier molecular flexibility index (Phi) is 9.22. The third kappa shape index (κ3) is 8.16. The molecule has 0 unspecified atom stereocenters. The number of carbonyl (C=O) groups is 2. The normalized spacial score (nSPS) is 15.3. The van der Waals surface area contributed by atoms with Crippen LogP contribution in [0.2, 0.25) is 10.6 Å². The number of carbonyl (C=O) groups excluding carboxylic acids is 2. The molecule has 0 atom stereocenters. The van der Waals surface area contributed by atoms with E-state index in [9.17, 15) is 9.59 Å². The summed E-state index contributed by atoms with van der Waals surface area (Å²) in [6.07, 6.45) is 15.6. The fourth-order valence-electron chi connectivity index (χ4n) is 2.23. The van der Waals surface area contributed by atoms with Gasteiger partial charge in [-0.05, 0) is 0 Å². The van der Waals surface area contributed by atoms with E-state index < -0.39 is 0 Å². The minimum atomic E-state index is 0.150. The Morgan fingerprint density at radius 3 is 1.67 bits per heavy atom. The summed E-state index contributed by atoms with van der Waals surface area (Å²) in [5, 5.41) is 7.91. The van der Waals surface area contributed by atoms with E-state index in [1.54, 1.807) is 0 Å². The van der Waals surface area contributed by atoms with Crippen LogP contribution in [0, 0.1) is 0 Å². The monoisotopic (exact) mass is 460 g/mol. The van der Waals surface area contributed by atoms with E-state index in [0.717, 1.165) is 23.5 Å². The molecular formula is C18H24N2O2Se2. The molecule has 2 rings (SSSR count). The summed E-state index contributed by atoms with van der Waals surface area (Å²) in [6, 6.07) is 0. The van der Waals surface area contributed by atoms with Gasteiger partial charge < -0.3 is 0 Å². The summed E-state index contributed by atoms with van der Waals surface area (Å²) in [4.78, 5) is 23.5. The van der Waals surface area contributed by atoms with Crippen LogP contribution in [0.5, 0.6) is 0 Å². The zero-order valence-corrected chi connectivity index (χ0v) is 17.2. The van der Waals surface area contributed by atoms with Gasteiger partial charge in [-0.25, -0.2) is 0 Å². The van der Waals surface area contributed by atoms with Gasteiger partial charge in [0.2, 0.25) is 0 Å². The second-order valence-electron chi connectivity index (χ2n) is 5.61. The Morgan fingerprint density at radius 2 is 1.29 bits per heavy atom. The van der Waals surface area contributed by atoms with E-state index in [1.165, 1.54) is 11.1 Å². The van der Waals surface area contributed by atoms with Crippen molar-refractivity contribution in [2.24, 2.45) is 0 Å². The molecule has 2 N–H and O–H groups in total. The molecule has 0 bridgehead atoms. The number of nitrogens with one attached hydrogen (secondary N) is 2. The van der Waals surface area contributed by atoms with Crippen LogP contribution in [-0.4, -0.2) is 51.2 Å². The van der Waals surface area contributed by atoms with Gasteiger partial charge in [-0.15, -0.1) is 0 Å². The average Bonchev–Trinajstić information content (AvgIpc) is 3.27. The Hall–Kier alpha value is -1.06. The summed E-state index contributed by atoms with van der Waals surface area (Å²) >= 11 is 1.02. The quantitative estimate of drug-likeness (QED) is 0.368. The minimum absolute atomic E-state index is 0.150. The first-order valence-corrected chi connectivity index (χ1v) is 15.0. The summed E-state index contributed by atoms with van der Waals surface area (Å²) in [5.74, 6) is 0.299. The predicted molar refractivity (Wildman–Crippen MR) is 100 cm³/mol. The Labute approximate surface area is 155 Å². The van der Waals surface area contributed by atoms with Gasteiger partial charge in [0.05, 0.1) is 0 Å². The summed E-state index contributed by atoms with van der Waals surface area (Å²) in [7, 11) is 0. The topological polar surface area (TPSA) is 58.2 Å². The van der Waals surface area contributed by atoms with E-state index in [4.69, 9.17) is 0 Å². The fourth-order valence-corrected chi connectivity index (χ4v) is 8.24. The Morgan fingerprint density at radius 1 is 0.833 bits per heavy atom. The molecule has 0 saturated carbocycles. The van der Waals surface area contributed by atoms with Crippen LogP contribution in [0.1, 0.15) is 25.7 Å². The van der Waals surface area contributed by atoms with Crippen LogP contribution in [0.15, 0.2) is 47.6 Å². The molecule has 2 aliphatic carbocycles. The van der Waals surface area contributed by atoms with Gasteiger partial charge in [0.1, 0.15) is 0 Å². The van der Waals surface area contributed by atoms with Crippen molar-refractivity contribution in [1.82, 2.24) is 10.6 Å². The van der Waals surface area contributed by atoms with Crippen LogP contribution >= 0.6 is 0 Å². The van der Waals surface area contributed by atoms with E-state index in [0.29, 0.717) is 52.2 Å².